The zero-order valence-electron chi connectivity index (χ0n) is 13.0. The summed E-state index contributed by atoms with van der Waals surface area (Å²) in [4.78, 5) is 29.2. The smallest absolute Gasteiger partial charge is 0.409 e. The lowest BCUT2D eigenvalue weighted by Crippen LogP contribution is -2.49. The molecule has 1 aliphatic heterocycles. The van der Waals surface area contributed by atoms with Crippen molar-refractivity contribution in [3.63, 3.8) is 0 Å². The first-order valence-corrected chi connectivity index (χ1v) is 7.38. The second-order valence-corrected chi connectivity index (χ2v) is 5.33. The minimum absolute atomic E-state index is 0.0753. The van der Waals surface area contributed by atoms with E-state index in [1.54, 1.807) is 4.90 Å². The molecule has 0 aliphatic carbocycles. The van der Waals surface area contributed by atoms with Crippen LogP contribution in [0.3, 0.4) is 0 Å². The van der Waals surface area contributed by atoms with Gasteiger partial charge in [0, 0.05) is 24.8 Å². The zero-order chi connectivity index (χ0) is 15.9. The van der Waals surface area contributed by atoms with Crippen LogP contribution in [-0.2, 0) is 11.3 Å². The van der Waals surface area contributed by atoms with E-state index in [1.165, 1.54) is 7.11 Å². The number of aryl methyl sites for hydroxylation is 1. The van der Waals surface area contributed by atoms with Crippen molar-refractivity contribution in [3.05, 3.63) is 29.6 Å². The molecule has 0 spiro atoms. The summed E-state index contributed by atoms with van der Waals surface area (Å²) >= 11 is 0. The van der Waals surface area contributed by atoms with Crippen LogP contribution >= 0.6 is 0 Å². The Labute approximate surface area is 130 Å². The predicted octanol–water partition coefficient (Wildman–Crippen LogP) is 1.42. The van der Waals surface area contributed by atoms with E-state index in [4.69, 9.17) is 0 Å². The molecular weight excluding hydrogens is 284 g/mol. The van der Waals surface area contributed by atoms with Gasteiger partial charge in [-0.25, -0.2) is 9.59 Å². The highest BCUT2D eigenvalue weighted by molar-refractivity contribution is 5.74. The number of pyridine rings is 1. The maximum absolute atomic E-state index is 11.9. The number of amides is 3. The fraction of sp³-hybridized carbons (Fsp3) is 0.533. The third-order valence-electron chi connectivity index (χ3n) is 3.64. The average molecular weight is 306 g/mol. The lowest BCUT2D eigenvalue weighted by molar-refractivity contribution is 0.110. The number of nitrogens with zero attached hydrogens (tertiary/aromatic N) is 2. The fourth-order valence-electron chi connectivity index (χ4n) is 2.44. The summed E-state index contributed by atoms with van der Waals surface area (Å²) in [5.74, 6) is 0. The molecule has 3 amide bonds. The minimum atomic E-state index is -0.312. The molecule has 120 valence electrons. The maximum atomic E-state index is 11.9. The van der Waals surface area contributed by atoms with Gasteiger partial charge in [-0.2, -0.15) is 0 Å². The highest BCUT2D eigenvalue weighted by atomic mass is 16.5. The topological polar surface area (TPSA) is 83.6 Å². The molecule has 0 aromatic carbocycles. The lowest BCUT2D eigenvalue weighted by Gasteiger charge is -2.31. The first kappa shape index (κ1) is 16.1. The first-order valence-electron chi connectivity index (χ1n) is 7.38. The fourth-order valence-corrected chi connectivity index (χ4v) is 2.44. The highest BCUT2D eigenvalue weighted by Crippen LogP contribution is 2.11. The van der Waals surface area contributed by atoms with Crippen LogP contribution in [0.2, 0.25) is 0 Å². The van der Waals surface area contributed by atoms with Gasteiger partial charge in [-0.3, -0.25) is 4.98 Å². The Balaban J connectivity index is 1.71. The van der Waals surface area contributed by atoms with E-state index in [-0.39, 0.29) is 18.2 Å². The quantitative estimate of drug-likeness (QED) is 0.884. The highest BCUT2D eigenvalue weighted by Gasteiger charge is 2.24. The molecule has 22 heavy (non-hydrogen) atoms. The van der Waals surface area contributed by atoms with Crippen molar-refractivity contribution in [1.82, 2.24) is 20.5 Å². The van der Waals surface area contributed by atoms with E-state index in [2.05, 4.69) is 20.4 Å². The van der Waals surface area contributed by atoms with Crippen LogP contribution in [-0.4, -0.2) is 48.2 Å². The van der Waals surface area contributed by atoms with Gasteiger partial charge in [-0.05, 0) is 31.9 Å². The molecule has 0 atom stereocenters. The van der Waals surface area contributed by atoms with E-state index >= 15 is 0 Å². The van der Waals surface area contributed by atoms with Gasteiger partial charge in [0.1, 0.15) is 0 Å². The number of methoxy groups -OCH3 is 1. The van der Waals surface area contributed by atoms with Crippen molar-refractivity contribution in [1.29, 1.82) is 0 Å². The third kappa shape index (κ3) is 4.61. The van der Waals surface area contributed by atoms with Crippen molar-refractivity contribution >= 4 is 12.1 Å². The zero-order valence-corrected chi connectivity index (χ0v) is 13.0. The van der Waals surface area contributed by atoms with Crippen molar-refractivity contribution in [2.45, 2.75) is 32.4 Å². The minimum Gasteiger partial charge on any atom is -0.453 e. The Morgan fingerprint density at radius 3 is 2.73 bits per heavy atom. The number of carbonyl (C=O) groups excluding carboxylic acids is 2. The molecule has 2 heterocycles. The van der Waals surface area contributed by atoms with Gasteiger partial charge in [-0.15, -0.1) is 0 Å². The Morgan fingerprint density at radius 2 is 2.09 bits per heavy atom. The van der Waals surface area contributed by atoms with Crippen LogP contribution < -0.4 is 10.6 Å². The summed E-state index contributed by atoms with van der Waals surface area (Å²) in [7, 11) is 1.37. The summed E-state index contributed by atoms with van der Waals surface area (Å²) in [6, 6.07) is 5.58. The summed E-state index contributed by atoms with van der Waals surface area (Å²) in [5, 5.41) is 5.73. The average Bonchev–Trinajstić information content (AvgIpc) is 2.53. The normalized spacial score (nSPS) is 15.3. The lowest BCUT2D eigenvalue weighted by atomic mass is 10.1. The number of carbonyl (C=O) groups is 2. The molecule has 2 N–H and O–H groups in total. The number of likely N-dealkylation sites (tertiary alicyclic amines) is 1. The molecule has 1 aromatic rings. The maximum Gasteiger partial charge on any atom is 0.409 e. The monoisotopic (exact) mass is 306 g/mol. The molecule has 1 fully saturated rings. The Kier molecular flexibility index (Phi) is 5.57. The van der Waals surface area contributed by atoms with Gasteiger partial charge >= 0.3 is 12.1 Å². The van der Waals surface area contributed by atoms with Crippen LogP contribution in [0.5, 0.6) is 0 Å². The molecule has 0 saturated carbocycles. The van der Waals surface area contributed by atoms with Gasteiger partial charge in [0.05, 0.1) is 19.3 Å². The van der Waals surface area contributed by atoms with Crippen molar-refractivity contribution in [2.24, 2.45) is 0 Å². The van der Waals surface area contributed by atoms with Gasteiger partial charge < -0.3 is 20.3 Å². The van der Waals surface area contributed by atoms with Crippen LogP contribution in [0.25, 0.3) is 0 Å². The van der Waals surface area contributed by atoms with Gasteiger partial charge in [0.2, 0.25) is 0 Å². The SMILES string of the molecule is COC(=O)N1CCC(NC(=O)NCc2cccc(C)n2)CC1. The first-order chi connectivity index (χ1) is 10.6. The van der Waals surface area contributed by atoms with Gasteiger partial charge in [0.25, 0.3) is 0 Å². The Morgan fingerprint density at radius 1 is 1.36 bits per heavy atom. The van der Waals surface area contributed by atoms with Gasteiger partial charge in [-0.1, -0.05) is 6.07 Å². The van der Waals surface area contributed by atoms with E-state index in [1.807, 2.05) is 25.1 Å². The van der Waals surface area contributed by atoms with Gasteiger partial charge in [0.15, 0.2) is 0 Å². The summed E-state index contributed by atoms with van der Waals surface area (Å²) < 4.78 is 4.68. The number of rotatable bonds is 3. The van der Waals surface area contributed by atoms with E-state index in [0.717, 1.165) is 24.2 Å². The summed E-state index contributed by atoms with van der Waals surface area (Å²) in [6.45, 7) is 3.50. The molecule has 0 unspecified atom stereocenters. The molecule has 1 aliphatic rings. The van der Waals surface area contributed by atoms with Crippen LogP contribution in [0.1, 0.15) is 24.2 Å². The third-order valence-corrected chi connectivity index (χ3v) is 3.64. The molecule has 7 heteroatoms. The van der Waals surface area contributed by atoms with Crippen LogP contribution in [0.4, 0.5) is 9.59 Å². The molecule has 1 saturated heterocycles. The number of ether oxygens (including phenoxy) is 1. The molecule has 0 radical (unpaired) electrons. The molecule has 7 nitrogen and oxygen atoms in total. The number of hydrogen-bond donors (Lipinski definition) is 2. The van der Waals surface area contributed by atoms with Crippen molar-refractivity contribution in [2.75, 3.05) is 20.2 Å². The second kappa shape index (κ2) is 7.63. The second-order valence-electron chi connectivity index (χ2n) is 5.33. The van der Waals surface area contributed by atoms with Crippen molar-refractivity contribution < 1.29 is 14.3 Å². The summed E-state index contributed by atoms with van der Waals surface area (Å²) in [6.07, 6.45) is 1.14. The van der Waals surface area contributed by atoms with E-state index in [9.17, 15) is 9.59 Å². The number of aromatic nitrogens is 1. The van der Waals surface area contributed by atoms with Crippen LogP contribution in [0.15, 0.2) is 18.2 Å². The predicted molar refractivity (Wildman–Crippen MR) is 81.3 cm³/mol. The summed E-state index contributed by atoms with van der Waals surface area (Å²) in [5.41, 5.74) is 1.76. The Bertz CT molecular complexity index is 527. The molecule has 0 bridgehead atoms. The standard InChI is InChI=1S/C15H22N4O3/c1-11-4-3-5-13(17-11)10-16-14(20)18-12-6-8-19(9-7-12)15(21)22-2/h3-5,12H,6-10H2,1-2H3,(H2,16,18,20). The molecule has 1 aromatic heterocycles. The number of nitrogens with one attached hydrogen (secondary N) is 2. The van der Waals surface area contributed by atoms with Crippen molar-refractivity contribution in [3.8, 4) is 0 Å². The molecular formula is C15H22N4O3. The van der Waals surface area contributed by atoms with E-state index in [0.29, 0.717) is 19.6 Å². The molecule has 2 rings (SSSR count). The van der Waals surface area contributed by atoms with E-state index < -0.39 is 0 Å². The largest absolute Gasteiger partial charge is 0.453 e. The number of hydrogen-bond acceptors (Lipinski definition) is 4. The Hall–Kier alpha value is -2.31. The van der Waals surface area contributed by atoms with Crippen LogP contribution in [0, 0.1) is 6.92 Å². The number of piperidine rings is 1. The number of urea groups is 1.